The summed E-state index contributed by atoms with van der Waals surface area (Å²) >= 11 is 0. The van der Waals surface area contributed by atoms with Crippen molar-refractivity contribution in [1.29, 1.82) is 0 Å². The number of alkyl halides is 2. The normalized spacial score (nSPS) is 37.1. The van der Waals surface area contributed by atoms with Gasteiger partial charge in [-0.05, 0) is 12.5 Å². The molecule has 2 saturated heterocycles. The van der Waals surface area contributed by atoms with Crippen LogP contribution >= 0.6 is 0 Å². The van der Waals surface area contributed by atoms with Crippen molar-refractivity contribution in [2.45, 2.75) is 50.0 Å². The van der Waals surface area contributed by atoms with Crippen molar-refractivity contribution in [1.82, 2.24) is 0 Å². The molecule has 2 aliphatic heterocycles. The maximum Gasteiger partial charge on any atom is 0.267 e. The summed E-state index contributed by atoms with van der Waals surface area (Å²) in [6, 6.07) is 9.55. The summed E-state index contributed by atoms with van der Waals surface area (Å²) in [4.78, 5) is 0. The van der Waals surface area contributed by atoms with Crippen molar-refractivity contribution in [3.05, 3.63) is 35.9 Å². The molecule has 0 spiro atoms. The largest absolute Gasteiger partial charge is 0.375 e. The fourth-order valence-electron chi connectivity index (χ4n) is 3.41. The molecule has 1 aromatic rings. The van der Waals surface area contributed by atoms with Gasteiger partial charge in [-0.2, -0.15) is 0 Å². The summed E-state index contributed by atoms with van der Waals surface area (Å²) in [5.41, 5.74) is -0.273. The van der Waals surface area contributed by atoms with Gasteiger partial charge >= 0.3 is 0 Å². The average molecular weight is 314 g/mol. The van der Waals surface area contributed by atoms with E-state index in [0.717, 1.165) is 5.56 Å². The lowest BCUT2D eigenvalue weighted by Crippen LogP contribution is -2.54. The molecule has 6 heteroatoms. The zero-order chi connectivity index (χ0) is 15.7. The molecule has 2 fully saturated rings. The molecule has 0 radical (unpaired) electrons. The Kier molecular flexibility index (Phi) is 4.45. The molecule has 0 saturated carbocycles. The fraction of sp³-hybridized carbons (Fsp3) is 0.625. The van der Waals surface area contributed by atoms with Crippen LogP contribution in [0.4, 0.5) is 8.78 Å². The predicted molar refractivity (Wildman–Crippen MR) is 74.8 cm³/mol. The van der Waals surface area contributed by atoms with E-state index in [1.165, 1.54) is 7.11 Å². The van der Waals surface area contributed by atoms with Crippen LogP contribution in [0.2, 0.25) is 0 Å². The molecule has 2 heterocycles. The van der Waals surface area contributed by atoms with Gasteiger partial charge in [-0.25, -0.2) is 8.78 Å². The van der Waals surface area contributed by atoms with E-state index < -0.39 is 30.3 Å². The Labute approximate surface area is 128 Å². The highest BCUT2D eigenvalue weighted by Crippen LogP contribution is 2.47. The zero-order valence-corrected chi connectivity index (χ0v) is 12.6. The molecule has 5 atom stereocenters. The van der Waals surface area contributed by atoms with Crippen LogP contribution in [0.15, 0.2) is 30.3 Å². The zero-order valence-electron chi connectivity index (χ0n) is 12.6. The first-order valence-corrected chi connectivity index (χ1v) is 7.34. The number of methoxy groups -OCH3 is 1. The lowest BCUT2D eigenvalue weighted by atomic mass is 9.93. The van der Waals surface area contributed by atoms with E-state index in [1.54, 1.807) is 6.92 Å². The summed E-state index contributed by atoms with van der Waals surface area (Å²) in [5, 5.41) is 0. The number of hydrogen-bond acceptors (Lipinski definition) is 4. The molecule has 0 N–H and O–H groups in total. The van der Waals surface area contributed by atoms with Crippen LogP contribution in [0.25, 0.3) is 0 Å². The highest BCUT2D eigenvalue weighted by molar-refractivity contribution is 5.15. The Morgan fingerprint density at radius 3 is 2.64 bits per heavy atom. The first-order valence-electron chi connectivity index (χ1n) is 7.34. The molecule has 0 amide bonds. The summed E-state index contributed by atoms with van der Waals surface area (Å²) in [7, 11) is 1.49. The Morgan fingerprint density at radius 1 is 1.27 bits per heavy atom. The van der Waals surface area contributed by atoms with Gasteiger partial charge in [0.25, 0.3) is 6.43 Å². The lowest BCUT2D eigenvalue weighted by molar-refractivity contribution is -0.233. The van der Waals surface area contributed by atoms with E-state index in [0.29, 0.717) is 6.61 Å². The third kappa shape index (κ3) is 2.54. The molecule has 1 aromatic carbocycles. The second-order valence-corrected chi connectivity index (χ2v) is 5.77. The van der Waals surface area contributed by atoms with Crippen LogP contribution in [0.5, 0.6) is 0 Å². The smallest absolute Gasteiger partial charge is 0.267 e. The van der Waals surface area contributed by atoms with Crippen molar-refractivity contribution >= 4 is 0 Å². The van der Waals surface area contributed by atoms with Gasteiger partial charge in [0.1, 0.15) is 12.2 Å². The highest BCUT2D eigenvalue weighted by Gasteiger charge is 2.68. The van der Waals surface area contributed by atoms with Gasteiger partial charge in [-0.3, -0.25) is 0 Å². The van der Waals surface area contributed by atoms with Crippen LogP contribution in [-0.4, -0.2) is 50.2 Å². The second-order valence-electron chi connectivity index (χ2n) is 5.77. The van der Waals surface area contributed by atoms with Crippen molar-refractivity contribution in [2.24, 2.45) is 0 Å². The molecule has 0 aromatic heterocycles. The minimum Gasteiger partial charge on any atom is -0.375 e. The molecule has 22 heavy (non-hydrogen) atoms. The first-order chi connectivity index (χ1) is 10.6. The van der Waals surface area contributed by atoms with Gasteiger partial charge in [0.05, 0.1) is 19.3 Å². The van der Waals surface area contributed by atoms with Gasteiger partial charge in [0.2, 0.25) is 0 Å². The molecule has 0 aliphatic carbocycles. The monoisotopic (exact) mass is 314 g/mol. The molecule has 1 unspecified atom stereocenters. The van der Waals surface area contributed by atoms with Gasteiger partial charge in [0.15, 0.2) is 11.7 Å². The Balaban J connectivity index is 1.72. The van der Waals surface area contributed by atoms with Crippen LogP contribution in [0, 0.1) is 0 Å². The molecular formula is C16H20F2O4. The number of ether oxygens (including phenoxy) is 4. The topological polar surface area (TPSA) is 36.9 Å². The number of fused-ring (bicyclic) bond motifs is 2. The maximum atomic E-state index is 13.3. The van der Waals surface area contributed by atoms with Gasteiger partial charge in [0, 0.05) is 7.11 Å². The minimum atomic E-state index is -2.64. The Bertz CT molecular complexity index is 494. The summed E-state index contributed by atoms with van der Waals surface area (Å²) in [6.45, 7) is 2.14. The van der Waals surface area contributed by atoms with Crippen LogP contribution < -0.4 is 0 Å². The van der Waals surface area contributed by atoms with E-state index >= 15 is 0 Å². The van der Waals surface area contributed by atoms with E-state index in [-0.39, 0.29) is 12.7 Å². The molecule has 2 aliphatic rings. The SMILES string of the molecule is CO[C@H]1[C@H]2OC(C(F)F)[C@]1(COCc1ccccc1)O[C@H]2C. The number of rotatable bonds is 6. The van der Waals surface area contributed by atoms with Crippen molar-refractivity contribution in [3.63, 3.8) is 0 Å². The molecule has 2 bridgehead atoms. The summed E-state index contributed by atoms with van der Waals surface area (Å²) in [5.74, 6) is 0. The van der Waals surface area contributed by atoms with E-state index in [2.05, 4.69) is 0 Å². The Hall–Kier alpha value is -1.08. The summed E-state index contributed by atoms with van der Waals surface area (Å²) < 4.78 is 49.0. The molecule has 122 valence electrons. The lowest BCUT2D eigenvalue weighted by Gasteiger charge is -2.36. The van der Waals surface area contributed by atoms with Crippen LogP contribution in [0.1, 0.15) is 12.5 Å². The standard InChI is InChI=1S/C16H20F2O4/c1-10-12-13(19-2)16(22-10,14(21-12)15(17)18)9-20-8-11-6-4-3-5-7-11/h3-7,10,12-15H,8-9H2,1-2H3/t10-,12-,13-,14?,16+/m0/s1. The fourth-order valence-corrected chi connectivity index (χ4v) is 3.41. The van der Waals surface area contributed by atoms with Gasteiger partial charge in [-0.1, -0.05) is 30.3 Å². The van der Waals surface area contributed by atoms with Crippen molar-refractivity contribution in [3.8, 4) is 0 Å². The number of benzene rings is 1. The summed E-state index contributed by atoms with van der Waals surface area (Å²) in [6.07, 6.45) is -5.29. The van der Waals surface area contributed by atoms with E-state index in [4.69, 9.17) is 18.9 Å². The first kappa shape index (κ1) is 15.8. The second kappa shape index (κ2) is 6.20. The third-order valence-corrected chi connectivity index (χ3v) is 4.36. The highest BCUT2D eigenvalue weighted by atomic mass is 19.3. The van der Waals surface area contributed by atoms with Crippen molar-refractivity contribution < 1.29 is 27.7 Å². The third-order valence-electron chi connectivity index (χ3n) is 4.36. The number of hydrogen-bond donors (Lipinski definition) is 0. The maximum absolute atomic E-state index is 13.3. The van der Waals surface area contributed by atoms with E-state index in [1.807, 2.05) is 30.3 Å². The molecular weight excluding hydrogens is 294 g/mol. The van der Waals surface area contributed by atoms with Crippen LogP contribution in [0.3, 0.4) is 0 Å². The quantitative estimate of drug-likeness (QED) is 0.808. The number of halogens is 2. The van der Waals surface area contributed by atoms with E-state index in [9.17, 15) is 8.78 Å². The van der Waals surface area contributed by atoms with Crippen LogP contribution in [-0.2, 0) is 25.6 Å². The van der Waals surface area contributed by atoms with Gasteiger partial charge < -0.3 is 18.9 Å². The predicted octanol–water partition coefficient (Wildman–Crippen LogP) is 2.41. The van der Waals surface area contributed by atoms with Crippen molar-refractivity contribution in [2.75, 3.05) is 13.7 Å². The molecule has 4 nitrogen and oxygen atoms in total. The average Bonchev–Trinajstić information content (AvgIpc) is 2.96. The van der Waals surface area contributed by atoms with Gasteiger partial charge in [-0.15, -0.1) is 0 Å². The molecule has 3 rings (SSSR count). The minimum absolute atomic E-state index is 0.0102. The Morgan fingerprint density at radius 2 is 2.00 bits per heavy atom.